The van der Waals surface area contributed by atoms with Gasteiger partial charge >= 0.3 is 0 Å². The van der Waals surface area contributed by atoms with Crippen LogP contribution >= 0.6 is 0 Å². The number of piperazine rings is 1. The molecule has 1 aromatic heterocycles. The van der Waals surface area contributed by atoms with Gasteiger partial charge in [-0.2, -0.15) is 9.78 Å². The van der Waals surface area contributed by atoms with Crippen molar-refractivity contribution in [2.45, 2.75) is 12.6 Å². The number of nitrogens with zero attached hydrogens (tertiary/aromatic N) is 4. The number of benzene rings is 2. The number of anilines is 1. The Hall–Kier alpha value is -3.10. The van der Waals surface area contributed by atoms with E-state index >= 15 is 0 Å². The maximum absolute atomic E-state index is 13.5. The molecule has 8 heteroatoms. The Morgan fingerprint density at radius 1 is 1.00 bits per heavy atom. The summed E-state index contributed by atoms with van der Waals surface area (Å²) in [7, 11) is 0. The summed E-state index contributed by atoms with van der Waals surface area (Å²) in [6.45, 7) is 2.75. The van der Waals surface area contributed by atoms with Crippen LogP contribution in [-0.2, 0) is 6.54 Å². The molecule has 0 aliphatic carbocycles. The van der Waals surface area contributed by atoms with Gasteiger partial charge in [0.1, 0.15) is 11.6 Å². The maximum atomic E-state index is 13.5. The van der Waals surface area contributed by atoms with Crippen LogP contribution in [0.1, 0.15) is 5.56 Å². The van der Waals surface area contributed by atoms with Crippen molar-refractivity contribution in [2.24, 2.45) is 0 Å². The average molecular weight is 412 g/mol. The summed E-state index contributed by atoms with van der Waals surface area (Å²) in [5, 5.41) is 14.0. The second-order valence-corrected chi connectivity index (χ2v) is 7.34. The molecule has 1 fully saturated rings. The summed E-state index contributed by atoms with van der Waals surface area (Å²) in [5.41, 5.74) is 1.30. The van der Waals surface area contributed by atoms with Crippen molar-refractivity contribution in [2.75, 3.05) is 31.1 Å². The van der Waals surface area contributed by atoms with Crippen molar-refractivity contribution in [1.29, 1.82) is 0 Å². The van der Waals surface area contributed by atoms with Crippen molar-refractivity contribution in [3.8, 4) is 5.69 Å². The zero-order chi connectivity index (χ0) is 21.1. The lowest BCUT2D eigenvalue weighted by Gasteiger charge is -2.41. The fraction of sp³-hybridized carbons (Fsp3) is 0.273. The topological polar surface area (TPSA) is 61.6 Å². The van der Waals surface area contributed by atoms with Crippen LogP contribution < -0.4 is 10.5 Å². The van der Waals surface area contributed by atoms with E-state index in [0.717, 1.165) is 36.0 Å². The molecule has 1 N–H and O–H groups in total. The number of aliphatic hydroxyl groups excluding tert-OH is 1. The molecule has 4 rings (SSSR count). The molecule has 30 heavy (non-hydrogen) atoms. The molecule has 0 saturated carbocycles. The van der Waals surface area contributed by atoms with Gasteiger partial charge in [-0.25, -0.2) is 8.78 Å². The molecule has 2 heterocycles. The van der Waals surface area contributed by atoms with Crippen molar-refractivity contribution >= 4 is 5.69 Å². The zero-order valence-corrected chi connectivity index (χ0v) is 16.3. The summed E-state index contributed by atoms with van der Waals surface area (Å²) < 4.78 is 27.9. The monoisotopic (exact) mass is 412 g/mol. The predicted molar refractivity (Wildman–Crippen MR) is 110 cm³/mol. The minimum absolute atomic E-state index is 0.0236. The summed E-state index contributed by atoms with van der Waals surface area (Å²) >= 11 is 0. The summed E-state index contributed by atoms with van der Waals surface area (Å²) in [4.78, 5) is 16.8. The normalized spacial score (nSPS) is 17.3. The molecule has 2 aromatic carbocycles. The Labute approximate surface area is 172 Å². The second-order valence-electron chi connectivity index (χ2n) is 7.34. The van der Waals surface area contributed by atoms with Crippen molar-refractivity contribution in [3.05, 3.63) is 88.3 Å². The van der Waals surface area contributed by atoms with E-state index in [-0.39, 0.29) is 18.3 Å². The van der Waals surface area contributed by atoms with E-state index in [0.29, 0.717) is 18.8 Å². The van der Waals surface area contributed by atoms with Crippen LogP contribution in [0.25, 0.3) is 5.69 Å². The van der Waals surface area contributed by atoms with E-state index in [2.05, 4.69) is 22.1 Å². The molecule has 6 nitrogen and oxygen atoms in total. The van der Waals surface area contributed by atoms with Crippen LogP contribution in [0, 0.1) is 11.6 Å². The number of hydrogen-bond acceptors (Lipinski definition) is 5. The van der Waals surface area contributed by atoms with Crippen molar-refractivity contribution in [1.82, 2.24) is 14.7 Å². The fourth-order valence-corrected chi connectivity index (χ4v) is 3.81. The lowest BCUT2D eigenvalue weighted by atomic mass is 10.1. The van der Waals surface area contributed by atoms with Crippen LogP contribution in [0.4, 0.5) is 14.5 Å². The van der Waals surface area contributed by atoms with Gasteiger partial charge in [0.05, 0.1) is 30.2 Å². The molecule has 0 radical (unpaired) electrons. The van der Waals surface area contributed by atoms with Gasteiger partial charge < -0.3 is 10.0 Å². The highest BCUT2D eigenvalue weighted by molar-refractivity contribution is 5.46. The molecule has 1 atom stereocenters. The molecule has 1 unspecified atom stereocenters. The van der Waals surface area contributed by atoms with Crippen LogP contribution in [0.5, 0.6) is 0 Å². The number of aliphatic hydroxyl groups is 1. The SMILES string of the molecule is O=c1cc(N2CCN(Cc3ccccc3)CC2CO)cnn1-c1cc(F)cc(F)c1. The van der Waals surface area contributed by atoms with Crippen molar-refractivity contribution < 1.29 is 13.9 Å². The predicted octanol–water partition coefficient (Wildman–Crippen LogP) is 2.19. The average Bonchev–Trinajstić information content (AvgIpc) is 2.73. The van der Waals surface area contributed by atoms with Gasteiger partial charge in [-0.05, 0) is 17.7 Å². The minimum atomic E-state index is -0.780. The van der Waals surface area contributed by atoms with E-state index in [1.165, 1.54) is 17.8 Å². The molecule has 1 aliphatic heterocycles. The molecule has 3 aromatic rings. The molecular weight excluding hydrogens is 390 g/mol. The standard InChI is InChI=1S/C22H22F2N4O2/c23-17-8-18(24)10-19(9-17)28-22(30)11-20(12-25-28)27-7-6-26(14-21(27)15-29)13-16-4-2-1-3-5-16/h1-5,8-12,21,29H,6-7,13-15H2. The summed E-state index contributed by atoms with van der Waals surface area (Å²) in [6.07, 6.45) is 1.49. The van der Waals surface area contributed by atoms with Crippen LogP contribution in [0.2, 0.25) is 0 Å². The summed E-state index contributed by atoms with van der Waals surface area (Å²) in [6, 6.07) is 14.1. The first-order chi connectivity index (χ1) is 14.5. The largest absolute Gasteiger partial charge is 0.394 e. The Morgan fingerprint density at radius 3 is 2.40 bits per heavy atom. The first-order valence-corrected chi connectivity index (χ1v) is 9.73. The number of hydrogen-bond donors (Lipinski definition) is 1. The number of rotatable bonds is 5. The molecule has 156 valence electrons. The van der Waals surface area contributed by atoms with E-state index < -0.39 is 17.2 Å². The van der Waals surface area contributed by atoms with Gasteiger partial charge in [-0.3, -0.25) is 9.69 Å². The van der Waals surface area contributed by atoms with Crippen LogP contribution in [-0.4, -0.2) is 52.1 Å². The molecule has 0 amide bonds. The van der Waals surface area contributed by atoms with Gasteiger partial charge in [0.25, 0.3) is 5.56 Å². The van der Waals surface area contributed by atoms with Gasteiger partial charge in [0.15, 0.2) is 0 Å². The maximum Gasteiger partial charge on any atom is 0.273 e. The van der Waals surface area contributed by atoms with Gasteiger partial charge in [0, 0.05) is 38.3 Å². The number of aromatic nitrogens is 2. The molecule has 1 saturated heterocycles. The molecule has 0 spiro atoms. The second kappa shape index (κ2) is 8.73. The van der Waals surface area contributed by atoms with Crippen LogP contribution in [0.15, 0.2) is 65.6 Å². The third-order valence-corrected chi connectivity index (χ3v) is 5.24. The van der Waals surface area contributed by atoms with Gasteiger partial charge in [0.2, 0.25) is 0 Å². The Kier molecular flexibility index (Phi) is 5.87. The van der Waals surface area contributed by atoms with Gasteiger partial charge in [-0.1, -0.05) is 30.3 Å². The molecule has 1 aliphatic rings. The Balaban J connectivity index is 1.52. The quantitative estimate of drug-likeness (QED) is 0.696. The highest BCUT2D eigenvalue weighted by Gasteiger charge is 2.27. The fourth-order valence-electron chi connectivity index (χ4n) is 3.81. The summed E-state index contributed by atoms with van der Waals surface area (Å²) in [5.74, 6) is -1.56. The lowest BCUT2D eigenvalue weighted by Crippen LogP contribution is -2.54. The third kappa shape index (κ3) is 4.39. The van der Waals surface area contributed by atoms with Crippen molar-refractivity contribution in [3.63, 3.8) is 0 Å². The van der Waals surface area contributed by atoms with E-state index in [1.54, 1.807) is 0 Å². The van der Waals surface area contributed by atoms with E-state index in [9.17, 15) is 18.7 Å². The zero-order valence-electron chi connectivity index (χ0n) is 16.3. The molecular formula is C22H22F2N4O2. The first-order valence-electron chi connectivity index (χ1n) is 9.73. The number of halogens is 2. The minimum Gasteiger partial charge on any atom is -0.394 e. The van der Waals surface area contributed by atoms with Crippen LogP contribution in [0.3, 0.4) is 0 Å². The Morgan fingerprint density at radius 2 is 1.73 bits per heavy atom. The van der Waals surface area contributed by atoms with E-state index in [4.69, 9.17) is 0 Å². The third-order valence-electron chi connectivity index (χ3n) is 5.24. The highest BCUT2D eigenvalue weighted by atomic mass is 19.1. The first kappa shape index (κ1) is 20.2. The molecule has 0 bridgehead atoms. The lowest BCUT2D eigenvalue weighted by molar-refractivity contribution is 0.164. The van der Waals surface area contributed by atoms with Gasteiger partial charge in [-0.15, -0.1) is 0 Å². The van der Waals surface area contributed by atoms with E-state index in [1.807, 2.05) is 23.1 Å². The highest BCUT2D eigenvalue weighted by Crippen LogP contribution is 2.20. The Bertz CT molecular complexity index is 1050. The smallest absolute Gasteiger partial charge is 0.273 e.